The highest BCUT2D eigenvalue weighted by Crippen LogP contribution is 2.35. The molecule has 1 saturated carbocycles. The minimum atomic E-state index is 0.218. The SMILES string of the molecule is Cc1sc2ncnc(OC3CCC(CO)CC3)c2c1C. The Labute approximate surface area is 122 Å². The van der Waals surface area contributed by atoms with E-state index in [1.807, 2.05) is 0 Å². The molecule has 2 aromatic heterocycles. The lowest BCUT2D eigenvalue weighted by atomic mass is 9.88. The van der Waals surface area contributed by atoms with E-state index < -0.39 is 0 Å². The first-order chi connectivity index (χ1) is 9.69. The van der Waals surface area contributed by atoms with E-state index >= 15 is 0 Å². The van der Waals surface area contributed by atoms with E-state index in [1.54, 1.807) is 17.7 Å². The molecule has 0 unspecified atom stereocenters. The first-order valence-electron chi connectivity index (χ1n) is 7.17. The van der Waals surface area contributed by atoms with Crippen LogP contribution in [0.2, 0.25) is 0 Å². The number of thiophene rings is 1. The molecule has 20 heavy (non-hydrogen) atoms. The molecule has 4 nitrogen and oxygen atoms in total. The first-order valence-corrected chi connectivity index (χ1v) is 7.99. The van der Waals surface area contributed by atoms with Gasteiger partial charge in [-0.2, -0.15) is 0 Å². The summed E-state index contributed by atoms with van der Waals surface area (Å²) in [6, 6.07) is 0. The summed E-state index contributed by atoms with van der Waals surface area (Å²) in [5, 5.41) is 10.3. The fraction of sp³-hybridized carbons (Fsp3) is 0.600. The third kappa shape index (κ3) is 2.52. The number of aromatic nitrogens is 2. The van der Waals surface area contributed by atoms with Gasteiger partial charge in [-0.1, -0.05) is 0 Å². The van der Waals surface area contributed by atoms with Gasteiger partial charge in [0.2, 0.25) is 5.88 Å². The molecule has 0 aliphatic heterocycles. The van der Waals surface area contributed by atoms with E-state index in [0.29, 0.717) is 12.5 Å². The van der Waals surface area contributed by atoms with Crippen LogP contribution in [0, 0.1) is 19.8 Å². The largest absolute Gasteiger partial charge is 0.474 e. The number of hydrogen-bond donors (Lipinski definition) is 1. The maximum atomic E-state index is 9.19. The lowest BCUT2D eigenvalue weighted by molar-refractivity contribution is 0.102. The summed E-state index contributed by atoms with van der Waals surface area (Å²) in [7, 11) is 0. The van der Waals surface area contributed by atoms with Gasteiger partial charge < -0.3 is 9.84 Å². The molecular formula is C15H20N2O2S. The third-order valence-electron chi connectivity index (χ3n) is 4.26. The molecule has 2 heterocycles. The molecule has 0 atom stereocenters. The minimum absolute atomic E-state index is 0.218. The van der Waals surface area contributed by atoms with Crippen LogP contribution in [0.3, 0.4) is 0 Å². The number of aryl methyl sites for hydroxylation is 2. The van der Waals surface area contributed by atoms with Gasteiger partial charge in [0.25, 0.3) is 0 Å². The fourth-order valence-electron chi connectivity index (χ4n) is 2.83. The highest BCUT2D eigenvalue weighted by molar-refractivity contribution is 7.18. The first kappa shape index (κ1) is 13.8. The highest BCUT2D eigenvalue weighted by Gasteiger charge is 2.23. The number of hydrogen-bond acceptors (Lipinski definition) is 5. The molecule has 1 fully saturated rings. The van der Waals surface area contributed by atoms with Gasteiger partial charge >= 0.3 is 0 Å². The number of rotatable bonds is 3. The van der Waals surface area contributed by atoms with Gasteiger partial charge in [-0.25, -0.2) is 9.97 Å². The monoisotopic (exact) mass is 292 g/mol. The summed E-state index contributed by atoms with van der Waals surface area (Å²) in [4.78, 5) is 11.0. The summed E-state index contributed by atoms with van der Waals surface area (Å²) >= 11 is 1.69. The van der Waals surface area contributed by atoms with Gasteiger partial charge in [0, 0.05) is 11.5 Å². The minimum Gasteiger partial charge on any atom is -0.474 e. The van der Waals surface area contributed by atoms with Crippen molar-refractivity contribution in [2.45, 2.75) is 45.6 Å². The Balaban J connectivity index is 1.81. The summed E-state index contributed by atoms with van der Waals surface area (Å²) < 4.78 is 6.13. The molecule has 0 spiro atoms. The van der Waals surface area contributed by atoms with Gasteiger partial charge in [-0.3, -0.25) is 0 Å². The van der Waals surface area contributed by atoms with Gasteiger partial charge in [-0.15, -0.1) is 11.3 Å². The average molecular weight is 292 g/mol. The Morgan fingerprint density at radius 3 is 2.70 bits per heavy atom. The van der Waals surface area contributed by atoms with Crippen LogP contribution in [0.4, 0.5) is 0 Å². The Hall–Kier alpha value is -1.20. The molecule has 0 radical (unpaired) electrons. The number of fused-ring (bicyclic) bond motifs is 1. The zero-order chi connectivity index (χ0) is 14.1. The van der Waals surface area contributed by atoms with Crippen molar-refractivity contribution in [3.63, 3.8) is 0 Å². The predicted molar refractivity (Wildman–Crippen MR) is 80.3 cm³/mol. The third-order valence-corrected chi connectivity index (χ3v) is 5.38. The van der Waals surface area contributed by atoms with Gasteiger partial charge in [0.15, 0.2) is 0 Å². The molecule has 0 amide bonds. The van der Waals surface area contributed by atoms with Crippen molar-refractivity contribution in [3.8, 4) is 5.88 Å². The van der Waals surface area contributed by atoms with Gasteiger partial charge in [-0.05, 0) is 51.0 Å². The molecule has 1 aliphatic rings. The van der Waals surface area contributed by atoms with E-state index in [9.17, 15) is 5.11 Å². The number of nitrogens with zero attached hydrogens (tertiary/aromatic N) is 2. The highest BCUT2D eigenvalue weighted by atomic mass is 32.1. The van der Waals surface area contributed by atoms with Crippen LogP contribution >= 0.6 is 11.3 Å². The number of aliphatic hydroxyl groups is 1. The van der Waals surface area contributed by atoms with Crippen molar-refractivity contribution >= 4 is 21.6 Å². The molecule has 1 N–H and O–H groups in total. The predicted octanol–water partition coefficient (Wildman–Crippen LogP) is 3.24. The summed E-state index contributed by atoms with van der Waals surface area (Å²) in [5.41, 5.74) is 1.23. The van der Waals surface area contributed by atoms with Crippen LogP contribution in [0.25, 0.3) is 10.2 Å². The second-order valence-electron chi connectivity index (χ2n) is 5.59. The van der Waals surface area contributed by atoms with E-state index in [4.69, 9.17) is 4.74 Å². The Bertz CT molecular complexity index is 603. The maximum Gasteiger partial charge on any atom is 0.225 e. The van der Waals surface area contributed by atoms with Gasteiger partial charge in [0.1, 0.15) is 17.3 Å². The number of aliphatic hydroxyl groups excluding tert-OH is 1. The molecular weight excluding hydrogens is 272 g/mol. The number of ether oxygens (including phenoxy) is 1. The Morgan fingerprint density at radius 1 is 1.25 bits per heavy atom. The Kier molecular flexibility index (Phi) is 3.89. The molecule has 0 saturated heterocycles. The van der Waals surface area contributed by atoms with E-state index in [-0.39, 0.29) is 6.10 Å². The lowest BCUT2D eigenvalue weighted by Gasteiger charge is -2.27. The fourth-order valence-corrected chi connectivity index (χ4v) is 3.82. The van der Waals surface area contributed by atoms with Crippen LogP contribution in [-0.4, -0.2) is 27.8 Å². The molecule has 0 aromatic carbocycles. The van der Waals surface area contributed by atoms with Crippen molar-refractivity contribution in [3.05, 3.63) is 16.8 Å². The van der Waals surface area contributed by atoms with E-state index in [2.05, 4.69) is 23.8 Å². The molecule has 2 aromatic rings. The zero-order valence-electron chi connectivity index (χ0n) is 11.9. The molecule has 0 bridgehead atoms. The molecule has 108 valence electrons. The van der Waals surface area contributed by atoms with E-state index in [0.717, 1.165) is 41.8 Å². The molecule has 3 rings (SSSR count). The van der Waals surface area contributed by atoms with Crippen LogP contribution < -0.4 is 4.74 Å². The smallest absolute Gasteiger partial charge is 0.225 e. The van der Waals surface area contributed by atoms with Crippen molar-refractivity contribution in [1.82, 2.24) is 9.97 Å². The standard InChI is InChI=1S/C15H20N2O2S/c1-9-10(2)20-15-13(9)14(16-8-17-15)19-12-5-3-11(7-18)4-6-12/h8,11-12,18H,3-7H2,1-2H3. The van der Waals surface area contributed by atoms with Crippen LogP contribution in [-0.2, 0) is 0 Å². The lowest BCUT2D eigenvalue weighted by Crippen LogP contribution is -2.26. The summed E-state index contributed by atoms with van der Waals surface area (Å²) in [6.07, 6.45) is 5.88. The second kappa shape index (κ2) is 5.66. The van der Waals surface area contributed by atoms with Crippen LogP contribution in [0.1, 0.15) is 36.1 Å². The second-order valence-corrected chi connectivity index (χ2v) is 6.79. The zero-order valence-corrected chi connectivity index (χ0v) is 12.7. The van der Waals surface area contributed by atoms with Crippen molar-refractivity contribution in [1.29, 1.82) is 0 Å². The van der Waals surface area contributed by atoms with Crippen molar-refractivity contribution < 1.29 is 9.84 Å². The van der Waals surface area contributed by atoms with E-state index in [1.165, 1.54) is 10.4 Å². The summed E-state index contributed by atoms with van der Waals surface area (Å²) in [5.74, 6) is 1.18. The quantitative estimate of drug-likeness (QED) is 0.943. The Morgan fingerprint density at radius 2 is 2.00 bits per heavy atom. The van der Waals surface area contributed by atoms with Gasteiger partial charge in [0.05, 0.1) is 5.39 Å². The summed E-state index contributed by atoms with van der Waals surface area (Å²) in [6.45, 7) is 4.51. The van der Waals surface area contributed by atoms with Crippen molar-refractivity contribution in [2.75, 3.05) is 6.61 Å². The van der Waals surface area contributed by atoms with Crippen LogP contribution in [0.15, 0.2) is 6.33 Å². The van der Waals surface area contributed by atoms with Crippen molar-refractivity contribution in [2.24, 2.45) is 5.92 Å². The topological polar surface area (TPSA) is 55.2 Å². The maximum absolute atomic E-state index is 9.19. The normalized spacial score (nSPS) is 23.1. The molecule has 1 aliphatic carbocycles. The average Bonchev–Trinajstić information content (AvgIpc) is 2.76. The van der Waals surface area contributed by atoms with Crippen LogP contribution in [0.5, 0.6) is 5.88 Å². The molecule has 5 heteroatoms.